The minimum absolute atomic E-state index is 0.0854. The van der Waals surface area contributed by atoms with Gasteiger partial charge < -0.3 is 10.1 Å². The Morgan fingerprint density at radius 3 is 2.48 bits per heavy atom. The summed E-state index contributed by atoms with van der Waals surface area (Å²) in [6.07, 6.45) is -4.97. The van der Waals surface area contributed by atoms with Gasteiger partial charge in [0.05, 0.1) is 13.5 Å². The largest absolute Gasteiger partial charge is 0.497 e. The van der Waals surface area contributed by atoms with Crippen LogP contribution in [0.5, 0.6) is 5.75 Å². The lowest BCUT2D eigenvalue weighted by Gasteiger charge is -2.22. The van der Waals surface area contributed by atoms with E-state index in [9.17, 15) is 18.0 Å². The standard InChI is InChI=1S/C14H15F3N4O2/c1-8-18-11(21-20-8)7-12(22)19-13(14(15,16)17)9-3-5-10(23-2)6-4-9/h3-6,13H,7H2,1-2H3,(H,19,22)(H,18,20,21). The monoisotopic (exact) mass is 328 g/mol. The molecule has 0 aliphatic carbocycles. The van der Waals surface area contributed by atoms with Crippen molar-refractivity contribution in [3.63, 3.8) is 0 Å². The van der Waals surface area contributed by atoms with Crippen molar-refractivity contribution in [3.8, 4) is 5.75 Å². The third kappa shape index (κ3) is 4.44. The van der Waals surface area contributed by atoms with Gasteiger partial charge in [-0.1, -0.05) is 12.1 Å². The highest BCUT2D eigenvalue weighted by molar-refractivity contribution is 5.78. The van der Waals surface area contributed by atoms with E-state index in [4.69, 9.17) is 4.74 Å². The van der Waals surface area contributed by atoms with E-state index in [0.29, 0.717) is 11.6 Å². The number of amides is 1. The maximum absolute atomic E-state index is 13.2. The Morgan fingerprint density at radius 1 is 1.35 bits per heavy atom. The van der Waals surface area contributed by atoms with Gasteiger partial charge in [-0.25, -0.2) is 4.98 Å². The molecule has 0 spiro atoms. The van der Waals surface area contributed by atoms with Gasteiger partial charge in [-0.05, 0) is 24.6 Å². The maximum atomic E-state index is 13.2. The second kappa shape index (κ2) is 6.67. The number of benzene rings is 1. The molecule has 0 fully saturated rings. The van der Waals surface area contributed by atoms with Crippen molar-refractivity contribution < 1.29 is 22.7 Å². The number of ether oxygens (including phenoxy) is 1. The SMILES string of the molecule is COc1ccc(C(NC(=O)Cc2n[nH]c(C)n2)C(F)(F)F)cc1. The van der Waals surface area contributed by atoms with Crippen LogP contribution in [0.4, 0.5) is 13.2 Å². The smallest absolute Gasteiger partial charge is 0.412 e. The second-order valence-corrected chi connectivity index (χ2v) is 4.83. The first-order valence-electron chi connectivity index (χ1n) is 6.67. The summed E-state index contributed by atoms with van der Waals surface area (Å²) in [6.45, 7) is 1.63. The topological polar surface area (TPSA) is 79.9 Å². The summed E-state index contributed by atoms with van der Waals surface area (Å²) >= 11 is 0. The number of hydrogen-bond acceptors (Lipinski definition) is 4. The zero-order valence-electron chi connectivity index (χ0n) is 12.4. The fourth-order valence-corrected chi connectivity index (χ4v) is 1.97. The quantitative estimate of drug-likeness (QED) is 0.881. The number of H-pyrrole nitrogens is 1. The van der Waals surface area contributed by atoms with Crippen molar-refractivity contribution in [1.29, 1.82) is 0 Å². The van der Waals surface area contributed by atoms with Crippen LogP contribution in [-0.2, 0) is 11.2 Å². The molecule has 6 nitrogen and oxygen atoms in total. The van der Waals surface area contributed by atoms with E-state index >= 15 is 0 Å². The molecular weight excluding hydrogens is 313 g/mol. The molecule has 124 valence electrons. The van der Waals surface area contributed by atoms with Crippen molar-refractivity contribution >= 4 is 5.91 Å². The van der Waals surface area contributed by atoms with E-state index in [1.54, 1.807) is 6.92 Å². The highest BCUT2D eigenvalue weighted by atomic mass is 19.4. The zero-order chi connectivity index (χ0) is 17.0. The van der Waals surface area contributed by atoms with Crippen LogP contribution >= 0.6 is 0 Å². The number of hydrogen-bond donors (Lipinski definition) is 2. The lowest BCUT2D eigenvalue weighted by molar-refractivity contribution is -0.163. The number of nitrogens with one attached hydrogen (secondary N) is 2. The number of aryl methyl sites for hydroxylation is 1. The van der Waals surface area contributed by atoms with Gasteiger partial charge in [0.15, 0.2) is 11.9 Å². The number of carbonyl (C=O) groups excluding carboxylic acids is 1. The maximum Gasteiger partial charge on any atom is 0.412 e. The van der Waals surface area contributed by atoms with E-state index < -0.39 is 18.1 Å². The van der Waals surface area contributed by atoms with Crippen LogP contribution in [0.15, 0.2) is 24.3 Å². The number of rotatable bonds is 5. The summed E-state index contributed by atoms with van der Waals surface area (Å²) in [4.78, 5) is 15.7. The number of aromatic nitrogens is 3. The number of aromatic amines is 1. The lowest BCUT2D eigenvalue weighted by Crippen LogP contribution is -2.39. The molecule has 1 aromatic heterocycles. The summed E-state index contributed by atoms with van der Waals surface area (Å²) < 4.78 is 44.5. The molecule has 2 N–H and O–H groups in total. The third-order valence-electron chi connectivity index (χ3n) is 3.04. The van der Waals surface area contributed by atoms with Crippen LogP contribution < -0.4 is 10.1 Å². The fraction of sp³-hybridized carbons (Fsp3) is 0.357. The number of halogens is 3. The Hall–Kier alpha value is -2.58. The highest BCUT2D eigenvalue weighted by Gasteiger charge is 2.41. The Labute approximate surface area is 130 Å². The molecule has 9 heteroatoms. The van der Waals surface area contributed by atoms with E-state index in [1.165, 1.54) is 31.4 Å². The Balaban J connectivity index is 2.13. The van der Waals surface area contributed by atoms with Gasteiger partial charge >= 0.3 is 6.18 Å². The van der Waals surface area contributed by atoms with Crippen molar-refractivity contribution in [2.75, 3.05) is 7.11 Å². The predicted molar refractivity (Wildman–Crippen MR) is 74.8 cm³/mol. The van der Waals surface area contributed by atoms with E-state index in [1.807, 2.05) is 5.32 Å². The van der Waals surface area contributed by atoms with Gasteiger partial charge in [0.2, 0.25) is 5.91 Å². The molecule has 1 amide bonds. The molecule has 0 saturated heterocycles. The zero-order valence-corrected chi connectivity index (χ0v) is 12.4. The summed E-state index contributed by atoms with van der Waals surface area (Å²) in [5.41, 5.74) is -0.0854. The first-order valence-corrected chi connectivity index (χ1v) is 6.67. The minimum atomic E-state index is -4.63. The molecule has 0 aliphatic heterocycles. The fourth-order valence-electron chi connectivity index (χ4n) is 1.97. The minimum Gasteiger partial charge on any atom is -0.497 e. The molecule has 0 saturated carbocycles. The van der Waals surface area contributed by atoms with Crippen molar-refractivity contribution in [3.05, 3.63) is 41.5 Å². The van der Waals surface area contributed by atoms with Crippen LogP contribution in [0, 0.1) is 6.92 Å². The molecule has 1 atom stereocenters. The van der Waals surface area contributed by atoms with Crippen LogP contribution in [0.1, 0.15) is 23.3 Å². The van der Waals surface area contributed by atoms with Gasteiger partial charge in [-0.2, -0.15) is 18.3 Å². The van der Waals surface area contributed by atoms with Gasteiger partial charge in [0, 0.05) is 0 Å². The molecule has 2 aromatic rings. The highest BCUT2D eigenvalue weighted by Crippen LogP contribution is 2.33. The van der Waals surface area contributed by atoms with Crippen LogP contribution in [-0.4, -0.2) is 34.4 Å². The molecule has 0 bridgehead atoms. The predicted octanol–water partition coefficient (Wildman–Crippen LogP) is 2.08. The van der Waals surface area contributed by atoms with Gasteiger partial charge in [0.1, 0.15) is 11.6 Å². The second-order valence-electron chi connectivity index (χ2n) is 4.83. The molecule has 1 heterocycles. The number of alkyl halides is 3. The van der Waals surface area contributed by atoms with Gasteiger partial charge in [-0.15, -0.1) is 0 Å². The van der Waals surface area contributed by atoms with Crippen LogP contribution in [0.2, 0.25) is 0 Å². The van der Waals surface area contributed by atoms with E-state index in [2.05, 4.69) is 15.2 Å². The first-order chi connectivity index (χ1) is 10.8. The Morgan fingerprint density at radius 2 is 2.00 bits per heavy atom. The van der Waals surface area contributed by atoms with Crippen LogP contribution in [0.25, 0.3) is 0 Å². The van der Waals surface area contributed by atoms with Crippen molar-refractivity contribution in [2.24, 2.45) is 0 Å². The molecular formula is C14H15F3N4O2. The average Bonchev–Trinajstić information content (AvgIpc) is 2.89. The molecule has 1 aromatic carbocycles. The normalized spacial score (nSPS) is 12.7. The molecule has 2 rings (SSSR count). The first kappa shape index (κ1) is 16.8. The van der Waals surface area contributed by atoms with Crippen molar-refractivity contribution in [1.82, 2.24) is 20.5 Å². The van der Waals surface area contributed by atoms with Gasteiger partial charge in [-0.3, -0.25) is 9.89 Å². The Kier molecular flexibility index (Phi) is 4.87. The summed E-state index contributed by atoms with van der Waals surface area (Å²) in [5.74, 6) is 0.227. The molecule has 1 unspecified atom stereocenters. The summed E-state index contributed by atoms with van der Waals surface area (Å²) in [7, 11) is 1.41. The van der Waals surface area contributed by atoms with E-state index in [-0.39, 0.29) is 17.8 Å². The number of carbonyl (C=O) groups is 1. The van der Waals surface area contributed by atoms with Crippen LogP contribution in [0.3, 0.4) is 0 Å². The van der Waals surface area contributed by atoms with Crippen molar-refractivity contribution in [2.45, 2.75) is 25.6 Å². The third-order valence-corrected chi connectivity index (χ3v) is 3.04. The number of nitrogens with zero attached hydrogens (tertiary/aromatic N) is 2. The number of methoxy groups -OCH3 is 1. The molecule has 23 heavy (non-hydrogen) atoms. The average molecular weight is 328 g/mol. The summed E-state index contributed by atoms with van der Waals surface area (Å²) in [6, 6.07) is 3.21. The molecule has 0 radical (unpaired) electrons. The van der Waals surface area contributed by atoms with Gasteiger partial charge in [0.25, 0.3) is 0 Å². The molecule has 0 aliphatic rings. The Bertz CT molecular complexity index is 667. The summed E-state index contributed by atoms with van der Waals surface area (Å²) in [5, 5.41) is 8.22. The van der Waals surface area contributed by atoms with E-state index in [0.717, 1.165) is 0 Å². The lowest BCUT2D eigenvalue weighted by atomic mass is 10.1.